The van der Waals surface area contributed by atoms with E-state index in [0.717, 1.165) is 19.4 Å². The zero-order valence-electron chi connectivity index (χ0n) is 13.4. The summed E-state index contributed by atoms with van der Waals surface area (Å²) in [5.41, 5.74) is 1.53. The highest BCUT2D eigenvalue weighted by molar-refractivity contribution is 5.92. The minimum Gasteiger partial charge on any atom is -0.344 e. The van der Waals surface area contributed by atoms with E-state index in [0.29, 0.717) is 11.7 Å². The molecule has 0 radical (unpaired) electrons. The predicted octanol–water partition coefficient (Wildman–Crippen LogP) is 1.91. The van der Waals surface area contributed by atoms with Gasteiger partial charge in [-0.3, -0.25) is 9.69 Å². The Labute approximate surface area is 136 Å². The average molecular weight is 310 g/mol. The number of rotatable bonds is 0. The summed E-state index contributed by atoms with van der Waals surface area (Å²) in [6.45, 7) is 1.12. The molecule has 1 N–H and O–H groups in total. The van der Waals surface area contributed by atoms with Crippen LogP contribution in [0.25, 0.3) is 0 Å². The molecule has 2 fully saturated rings. The first kappa shape index (κ1) is 13.5. The Morgan fingerprint density at radius 1 is 1.39 bits per heavy atom. The Balaban J connectivity index is 1.75. The molecule has 4 atom stereocenters. The molecule has 5 nitrogen and oxygen atoms in total. The normalized spacial score (nSPS) is 38.7. The maximum absolute atomic E-state index is 12.5. The molecule has 2 aliphatic carbocycles. The zero-order chi connectivity index (χ0) is 15.6. The highest BCUT2D eigenvalue weighted by Crippen LogP contribution is 2.56. The Morgan fingerprint density at radius 2 is 2.30 bits per heavy atom. The molecule has 5 rings (SSSR count). The van der Waals surface area contributed by atoms with Gasteiger partial charge in [-0.2, -0.15) is 0 Å². The van der Waals surface area contributed by atoms with E-state index in [9.17, 15) is 4.79 Å². The highest BCUT2D eigenvalue weighted by Gasteiger charge is 2.61. The number of piperidine rings is 1. The van der Waals surface area contributed by atoms with Crippen molar-refractivity contribution < 1.29 is 4.79 Å². The predicted molar refractivity (Wildman–Crippen MR) is 87.1 cm³/mol. The van der Waals surface area contributed by atoms with Gasteiger partial charge in [0, 0.05) is 18.3 Å². The van der Waals surface area contributed by atoms with Crippen molar-refractivity contribution in [2.24, 2.45) is 5.92 Å². The summed E-state index contributed by atoms with van der Waals surface area (Å²) in [6, 6.07) is 0.370. The van der Waals surface area contributed by atoms with Crippen molar-refractivity contribution in [1.29, 1.82) is 0 Å². The number of likely N-dealkylation sites (N-methyl/N-ethyl adjacent to an activating group) is 1. The van der Waals surface area contributed by atoms with Crippen LogP contribution in [-0.2, 0) is 0 Å². The number of fused-ring (bicyclic) bond motifs is 7. The maximum Gasteiger partial charge on any atom is 0.287 e. The van der Waals surface area contributed by atoms with Gasteiger partial charge in [0.05, 0.1) is 17.6 Å². The van der Waals surface area contributed by atoms with Crippen molar-refractivity contribution in [3.05, 3.63) is 42.0 Å². The van der Waals surface area contributed by atoms with Crippen LogP contribution in [0.5, 0.6) is 0 Å². The molecule has 23 heavy (non-hydrogen) atoms. The molecule has 1 aromatic heterocycles. The van der Waals surface area contributed by atoms with Crippen molar-refractivity contribution in [3.8, 4) is 0 Å². The molecule has 1 spiro atoms. The number of carbonyl (C=O) groups is 1. The molecule has 0 aromatic carbocycles. The number of allylic oxidation sites excluding steroid dienone is 2. The third-order valence-electron chi connectivity index (χ3n) is 6.34. The lowest BCUT2D eigenvalue weighted by Gasteiger charge is -2.49. The monoisotopic (exact) mass is 310 g/mol. The van der Waals surface area contributed by atoms with Crippen LogP contribution in [0.1, 0.15) is 42.3 Å². The molecule has 5 heteroatoms. The first-order chi connectivity index (χ1) is 11.2. The number of hydrogen-bond donors (Lipinski definition) is 1. The largest absolute Gasteiger partial charge is 0.344 e. The number of likely N-dealkylation sites (tertiary alicyclic amines) is 1. The first-order valence-corrected chi connectivity index (χ1v) is 8.65. The fourth-order valence-electron chi connectivity index (χ4n) is 5.48. The number of hydrogen-bond acceptors (Lipinski definition) is 3. The molecule has 1 saturated heterocycles. The van der Waals surface area contributed by atoms with E-state index in [1.807, 2.05) is 6.20 Å². The van der Waals surface area contributed by atoms with Crippen molar-refractivity contribution >= 4 is 5.91 Å². The number of carbonyl (C=O) groups excluding carboxylic acids is 1. The molecular weight excluding hydrogens is 288 g/mol. The van der Waals surface area contributed by atoms with E-state index in [-0.39, 0.29) is 23.5 Å². The molecule has 2 aliphatic heterocycles. The van der Waals surface area contributed by atoms with Crippen LogP contribution in [0, 0.1) is 5.92 Å². The summed E-state index contributed by atoms with van der Waals surface area (Å²) in [6.07, 6.45) is 15.4. The van der Waals surface area contributed by atoms with Gasteiger partial charge >= 0.3 is 0 Å². The quantitative estimate of drug-likeness (QED) is 0.745. The summed E-state index contributed by atoms with van der Waals surface area (Å²) in [5, 5.41) is 3.27. The van der Waals surface area contributed by atoms with E-state index < -0.39 is 0 Å². The van der Waals surface area contributed by atoms with Gasteiger partial charge in [0.2, 0.25) is 0 Å². The van der Waals surface area contributed by atoms with Crippen LogP contribution in [0.3, 0.4) is 0 Å². The molecule has 0 bridgehead atoms. The number of aromatic nitrogens is 2. The van der Waals surface area contributed by atoms with Crippen LogP contribution in [0.2, 0.25) is 0 Å². The lowest BCUT2D eigenvalue weighted by molar-refractivity contribution is 0.0514. The summed E-state index contributed by atoms with van der Waals surface area (Å²) in [7, 11) is 2.25. The molecule has 4 aliphatic rings. The second kappa shape index (κ2) is 4.57. The average Bonchev–Trinajstić information content (AvgIpc) is 3.14. The van der Waals surface area contributed by atoms with Crippen molar-refractivity contribution in [1.82, 2.24) is 19.8 Å². The second-order valence-electron chi connectivity index (χ2n) is 7.25. The Morgan fingerprint density at radius 3 is 3.17 bits per heavy atom. The number of amides is 1. The number of imidazole rings is 1. The van der Waals surface area contributed by atoms with Crippen molar-refractivity contribution in [2.45, 2.75) is 43.3 Å². The third-order valence-corrected chi connectivity index (χ3v) is 6.34. The van der Waals surface area contributed by atoms with Crippen LogP contribution < -0.4 is 5.32 Å². The minimum atomic E-state index is -0.0370. The highest BCUT2D eigenvalue weighted by atomic mass is 16.2. The zero-order valence-corrected chi connectivity index (χ0v) is 13.4. The summed E-state index contributed by atoms with van der Waals surface area (Å²) in [5.74, 6) is 0.840. The molecule has 1 saturated carbocycles. The standard InChI is InChI=1S/C18H22N4O/c1-21-10-5-4-8-18(21)13-7-3-2-6-12(13)14-15(18)22-11-9-19-16(22)17(23)20-14/h2,6-7,9,11-12,14-15H,3-5,8,10H2,1H3,(H,20,23). The van der Waals surface area contributed by atoms with E-state index >= 15 is 0 Å². The lowest BCUT2D eigenvalue weighted by Crippen LogP contribution is -2.59. The van der Waals surface area contributed by atoms with Gasteiger partial charge in [0.1, 0.15) is 0 Å². The second-order valence-corrected chi connectivity index (χ2v) is 7.25. The van der Waals surface area contributed by atoms with Crippen LogP contribution >= 0.6 is 0 Å². The molecule has 1 amide bonds. The van der Waals surface area contributed by atoms with Gasteiger partial charge in [0.25, 0.3) is 5.91 Å². The fourth-order valence-corrected chi connectivity index (χ4v) is 5.48. The topological polar surface area (TPSA) is 50.2 Å². The van der Waals surface area contributed by atoms with Gasteiger partial charge in [0.15, 0.2) is 5.82 Å². The van der Waals surface area contributed by atoms with E-state index in [4.69, 9.17) is 0 Å². The Bertz CT molecular complexity index is 733. The summed E-state index contributed by atoms with van der Waals surface area (Å²) >= 11 is 0. The van der Waals surface area contributed by atoms with Gasteiger partial charge in [-0.05, 0) is 44.8 Å². The summed E-state index contributed by atoms with van der Waals surface area (Å²) in [4.78, 5) is 19.3. The third kappa shape index (κ3) is 1.56. The SMILES string of the molecule is CN1CCCCC12C1=CCC=CC1C1NC(=O)c3nccn3C12. The number of nitrogens with zero attached hydrogens (tertiary/aromatic N) is 3. The van der Waals surface area contributed by atoms with Crippen LogP contribution in [-0.4, -0.2) is 45.5 Å². The summed E-state index contributed by atoms with van der Waals surface area (Å²) < 4.78 is 2.15. The van der Waals surface area contributed by atoms with E-state index in [1.165, 1.54) is 18.4 Å². The van der Waals surface area contributed by atoms with E-state index in [2.05, 4.69) is 45.0 Å². The van der Waals surface area contributed by atoms with Gasteiger partial charge in [-0.15, -0.1) is 0 Å². The van der Waals surface area contributed by atoms with E-state index in [1.54, 1.807) is 6.20 Å². The van der Waals surface area contributed by atoms with Gasteiger partial charge in [-0.1, -0.05) is 18.2 Å². The molecule has 120 valence electrons. The Kier molecular flexibility index (Phi) is 2.69. The van der Waals surface area contributed by atoms with Gasteiger partial charge in [-0.25, -0.2) is 4.98 Å². The van der Waals surface area contributed by atoms with Crippen LogP contribution in [0.4, 0.5) is 0 Å². The maximum atomic E-state index is 12.5. The van der Waals surface area contributed by atoms with Crippen LogP contribution in [0.15, 0.2) is 36.2 Å². The molecule has 1 aromatic rings. The Hall–Kier alpha value is -1.88. The fraction of sp³-hybridized carbons (Fsp3) is 0.556. The molecular formula is C18H22N4O. The minimum absolute atomic E-state index is 0.0154. The first-order valence-electron chi connectivity index (χ1n) is 8.65. The van der Waals surface area contributed by atoms with Crippen molar-refractivity contribution in [2.75, 3.05) is 13.6 Å². The lowest BCUT2D eigenvalue weighted by atomic mass is 9.77. The van der Waals surface area contributed by atoms with Gasteiger partial charge < -0.3 is 9.88 Å². The molecule has 4 unspecified atom stereocenters. The number of nitrogens with one attached hydrogen (secondary N) is 1. The smallest absolute Gasteiger partial charge is 0.287 e. The van der Waals surface area contributed by atoms with Crippen molar-refractivity contribution in [3.63, 3.8) is 0 Å². The molecule has 3 heterocycles.